The van der Waals surface area contributed by atoms with Crippen molar-refractivity contribution in [3.8, 4) is 0 Å². The fourth-order valence-electron chi connectivity index (χ4n) is 0.916. The Morgan fingerprint density at radius 2 is 2.31 bits per heavy atom. The summed E-state index contributed by atoms with van der Waals surface area (Å²) in [5.41, 5.74) is -0.959. The molecule has 0 saturated heterocycles. The number of nitrogens with zero attached hydrogens (tertiary/aromatic N) is 1. The Morgan fingerprint density at radius 3 is 2.85 bits per heavy atom. The quantitative estimate of drug-likeness (QED) is 0.754. The molecule has 0 amide bonds. The maximum atomic E-state index is 11.3. The van der Waals surface area contributed by atoms with Gasteiger partial charge in [-0.25, -0.2) is 4.79 Å². The molecule has 0 aliphatic carbocycles. The highest BCUT2D eigenvalue weighted by molar-refractivity contribution is 9.10. The summed E-state index contributed by atoms with van der Waals surface area (Å²) in [5, 5.41) is 9.02. The van der Waals surface area contributed by atoms with Gasteiger partial charge in [-0.05, 0) is 22.9 Å². The van der Waals surface area contributed by atoms with E-state index in [1.54, 1.807) is 0 Å². The average molecular weight is 249 g/mol. The third kappa shape index (κ3) is 2.28. The van der Waals surface area contributed by atoms with Gasteiger partial charge in [-0.1, -0.05) is 0 Å². The number of nitrogens with one attached hydrogen (secondary N) is 1. The van der Waals surface area contributed by atoms with E-state index in [-0.39, 0.29) is 11.0 Å². The molecule has 0 aliphatic rings. The van der Waals surface area contributed by atoms with Crippen LogP contribution >= 0.6 is 15.9 Å². The van der Waals surface area contributed by atoms with Gasteiger partial charge in [0.25, 0.3) is 5.56 Å². The highest BCUT2D eigenvalue weighted by Gasteiger charge is 2.06. The molecule has 0 radical (unpaired) electrons. The van der Waals surface area contributed by atoms with Crippen molar-refractivity contribution in [3.63, 3.8) is 0 Å². The first-order valence-electron chi connectivity index (χ1n) is 3.68. The zero-order valence-corrected chi connectivity index (χ0v) is 8.54. The van der Waals surface area contributed by atoms with Crippen molar-refractivity contribution in [2.24, 2.45) is 0 Å². The molecule has 6 heteroatoms. The van der Waals surface area contributed by atoms with Gasteiger partial charge in [-0.3, -0.25) is 9.36 Å². The van der Waals surface area contributed by atoms with Crippen LogP contribution in [0, 0.1) is 0 Å². The summed E-state index contributed by atoms with van der Waals surface area (Å²) in [6, 6.07) is 0. The normalized spacial score (nSPS) is 12.8. The predicted molar refractivity (Wildman–Crippen MR) is 50.7 cm³/mol. The van der Waals surface area contributed by atoms with Gasteiger partial charge < -0.3 is 10.1 Å². The number of rotatable bonds is 2. The lowest BCUT2D eigenvalue weighted by Gasteiger charge is -2.05. The lowest BCUT2D eigenvalue weighted by atomic mass is 10.4. The number of aliphatic hydroxyl groups excluding tert-OH is 1. The third-order valence-corrected chi connectivity index (χ3v) is 2.03. The molecular weight excluding hydrogens is 240 g/mol. The molecule has 0 saturated carbocycles. The molecule has 1 aromatic heterocycles. The third-order valence-electron chi connectivity index (χ3n) is 1.46. The van der Waals surface area contributed by atoms with Gasteiger partial charge in [0.15, 0.2) is 0 Å². The van der Waals surface area contributed by atoms with E-state index in [1.165, 1.54) is 13.1 Å². The van der Waals surface area contributed by atoms with E-state index in [1.807, 2.05) is 0 Å². The van der Waals surface area contributed by atoms with Crippen molar-refractivity contribution in [2.45, 2.75) is 19.6 Å². The molecule has 13 heavy (non-hydrogen) atoms. The van der Waals surface area contributed by atoms with Crippen molar-refractivity contribution in [3.05, 3.63) is 31.5 Å². The van der Waals surface area contributed by atoms with E-state index in [9.17, 15) is 9.59 Å². The molecule has 0 spiro atoms. The molecule has 1 rings (SSSR count). The molecule has 1 heterocycles. The van der Waals surface area contributed by atoms with Gasteiger partial charge in [0.1, 0.15) is 0 Å². The monoisotopic (exact) mass is 248 g/mol. The number of hydrogen-bond donors (Lipinski definition) is 2. The Hall–Kier alpha value is -0.880. The van der Waals surface area contributed by atoms with Crippen LogP contribution < -0.4 is 11.2 Å². The second-order valence-corrected chi connectivity index (χ2v) is 3.56. The number of H-pyrrole nitrogens is 1. The van der Waals surface area contributed by atoms with E-state index < -0.39 is 17.4 Å². The zero-order valence-electron chi connectivity index (χ0n) is 6.95. The molecule has 0 aromatic carbocycles. The summed E-state index contributed by atoms with van der Waals surface area (Å²) in [5.74, 6) is 0. The minimum Gasteiger partial charge on any atom is -0.392 e. The second kappa shape index (κ2) is 3.89. The number of halogens is 1. The molecule has 0 bridgehead atoms. The van der Waals surface area contributed by atoms with E-state index in [0.717, 1.165) is 4.57 Å². The molecule has 72 valence electrons. The largest absolute Gasteiger partial charge is 0.392 e. The summed E-state index contributed by atoms with van der Waals surface area (Å²) < 4.78 is 1.21. The van der Waals surface area contributed by atoms with Crippen LogP contribution in [0.4, 0.5) is 0 Å². The minimum atomic E-state index is -0.729. The van der Waals surface area contributed by atoms with Gasteiger partial charge in [0, 0.05) is 6.20 Å². The fourth-order valence-corrected chi connectivity index (χ4v) is 1.24. The highest BCUT2D eigenvalue weighted by atomic mass is 79.9. The summed E-state index contributed by atoms with van der Waals surface area (Å²) in [7, 11) is 0. The fraction of sp³-hybridized carbons (Fsp3) is 0.429. The van der Waals surface area contributed by atoms with Gasteiger partial charge >= 0.3 is 5.69 Å². The molecule has 0 aliphatic heterocycles. The molecule has 2 N–H and O–H groups in total. The predicted octanol–water partition coefficient (Wildman–Crippen LogP) is -0.320. The van der Waals surface area contributed by atoms with Crippen LogP contribution in [0.2, 0.25) is 0 Å². The van der Waals surface area contributed by atoms with Crippen molar-refractivity contribution in [2.75, 3.05) is 0 Å². The lowest BCUT2D eigenvalue weighted by molar-refractivity contribution is 0.170. The maximum absolute atomic E-state index is 11.3. The van der Waals surface area contributed by atoms with E-state index >= 15 is 0 Å². The number of hydrogen-bond acceptors (Lipinski definition) is 3. The number of aromatic amines is 1. The smallest absolute Gasteiger partial charge is 0.328 e. The van der Waals surface area contributed by atoms with Crippen LogP contribution in [0.15, 0.2) is 20.3 Å². The Labute approximate surface area is 82.2 Å². The summed E-state index contributed by atoms with van der Waals surface area (Å²) >= 11 is 2.99. The van der Waals surface area contributed by atoms with Crippen LogP contribution in [0.5, 0.6) is 0 Å². The molecule has 1 atom stereocenters. The first-order valence-corrected chi connectivity index (χ1v) is 4.47. The van der Waals surface area contributed by atoms with Gasteiger partial charge in [0.2, 0.25) is 0 Å². The Kier molecular flexibility index (Phi) is 3.05. The summed E-state index contributed by atoms with van der Waals surface area (Å²) in [6.07, 6.45) is 0.552. The van der Waals surface area contributed by atoms with E-state index in [0.29, 0.717) is 0 Å². The van der Waals surface area contributed by atoms with E-state index in [4.69, 9.17) is 5.11 Å². The van der Waals surface area contributed by atoms with Crippen molar-refractivity contribution >= 4 is 15.9 Å². The molecule has 5 nitrogen and oxygen atoms in total. The maximum Gasteiger partial charge on any atom is 0.328 e. The molecular formula is C7H9BrN2O3. The first-order chi connectivity index (χ1) is 6.02. The minimum absolute atomic E-state index is 0.00634. The Balaban J connectivity index is 3.27. The SMILES string of the molecule is CC(O)Cn1c(=O)[nH]cc(Br)c1=O. The topological polar surface area (TPSA) is 75.1 Å². The van der Waals surface area contributed by atoms with Crippen molar-refractivity contribution in [1.82, 2.24) is 9.55 Å². The van der Waals surface area contributed by atoms with Crippen LogP contribution in [0.3, 0.4) is 0 Å². The molecule has 0 fully saturated rings. The Bertz CT molecular complexity index is 407. The number of aliphatic hydroxyl groups is 1. The zero-order chi connectivity index (χ0) is 10.0. The van der Waals surface area contributed by atoms with Crippen molar-refractivity contribution in [1.29, 1.82) is 0 Å². The lowest BCUT2D eigenvalue weighted by Crippen LogP contribution is -2.37. The Morgan fingerprint density at radius 1 is 1.69 bits per heavy atom. The second-order valence-electron chi connectivity index (χ2n) is 2.71. The summed E-state index contributed by atoms with van der Waals surface area (Å²) in [6.45, 7) is 1.50. The molecule has 1 aromatic rings. The van der Waals surface area contributed by atoms with Gasteiger partial charge in [-0.2, -0.15) is 0 Å². The van der Waals surface area contributed by atoms with Gasteiger partial charge in [0.05, 0.1) is 17.1 Å². The number of aromatic nitrogens is 2. The van der Waals surface area contributed by atoms with Crippen molar-refractivity contribution < 1.29 is 5.11 Å². The first kappa shape index (κ1) is 10.2. The summed E-state index contributed by atoms with van der Waals surface area (Å²) in [4.78, 5) is 24.8. The van der Waals surface area contributed by atoms with Crippen LogP contribution in [0.1, 0.15) is 6.92 Å². The van der Waals surface area contributed by atoms with Crippen LogP contribution in [-0.2, 0) is 6.54 Å². The van der Waals surface area contributed by atoms with Crippen LogP contribution in [0.25, 0.3) is 0 Å². The van der Waals surface area contributed by atoms with Crippen LogP contribution in [-0.4, -0.2) is 20.8 Å². The average Bonchev–Trinajstić information content (AvgIpc) is 2.05. The standard InChI is InChI=1S/C7H9BrN2O3/c1-4(11)3-10-6(12)5(8)2-9-7(10)13/h2,4,11H,3H2,1H3,(H,9,13). The van der Waals surface area contributed by atoms with Gasteiger partial charge in [-0.15, -0.1) is 0 Å². The highest BCUT2D eigenvalue weighted by Crippen LogP contribution is 1.96. The van der Waals surface area contributed by atoms with E-state index in [2.05, 4.69) is 20.9 Å². The molecule has 1 unspecified atom stereocenters.